The lowest BCUT2D eigenvalue weighted by Gasteiger charge is -2.22. The van der Waals surface area contributed by atoms with Gasteiger partial charge in [0.05, 0.1) is 18.2 Å². The van der Waals surface area contributed by atoms with Crippen molar-refractivity contribution in [2.75, 3.05) is 7.11 Å². The number of methoxy groups -OCH3 is 1. The molecule has 2 aromatic rings. The van der Waals surface area contributed by atoms with E-state index < -0.39 is 11.9 Å². The fourth-order valence-electron chi connectivity index (χ4n) is 2.78. The first-order valence-electron chi connectivity index (χ1n) is 8.57. The van der Waals surface area contributed by atoms with Gasteiger partial charge in [0.2, 0.25) is 0 Å². The molecule has 0 bridgehead atoms. The first kappa shape index (κ1) is 18.7. The van der Waals surface area contributed by atoms with E-state index in [1.54, 1.807) is 71.1 Å². The van der Waals surface area contributed by atoms with Gasteiger partial charge in [0.15, 0.2) is 5.17 Å². The van der Waals surface area contributed by atoms with E-state index in [1.807, 2.05) is 0 Å². The van der Waals surface area contributed by atoms with Gasteiger partial charge < -0.3 is 9.47 Å². The third kappa shape index (κ3) is 3.83. The van der Waals surface area contributed by atoms with Crippen LogP contribution in [0.15, 0.2) is 70.7 Å². The van der Waals surface area contributed by atoms with Crippen molar-refractivity contribution in [2.45, 2.75) is 0 Å². The normalized spacial score (nSPS) is 16.7. The van der Waals surface area contributed by atoms with E-state index in [4.69, 9.17) is 14.9 Å². The smallest absolute Gasteiger partial charge is 0.343 e. The lowest BCUT2D eigenvalue weighted by atomic mass is 10.1. The number of ether oxygens (including phenoxy) is 2. The molecular formula is C21H15N3O4S. The van der Waals surface area contributed by atoms with Crippen LogP contribution in [-0.4, -0.2) is 34.9 Å². The molecule has 2 heterocycles. The van der Waals surface area contributed by atoms with Crippen LogP contribution in [0.2, 0.25) is 0 Å². The maximum atomic E-state index is 12.4. The summed E-state index contributed by atoms with van der Waals surface area (Å²) in [6.07, 6.45) is 3.25. The number of carbonyl (C=O) groups excluding carboxylic acids is 2. The second-order valence-electron chi connectivity index (χ2n) is 6.07. The Hall–Kier alpha value is -3.65. The SMILES string of the molecule is COc1cccc(C(=O)Oc2cccc(/C=C3/C(=N)N4C=CSC4=NC3=O)c2)c1. The lowest BCUT2D eigenvalue weighted by molar-refractivity contribution is -0.114. The highest BCUT2D eigenvalue weighted by molar-refractivity contribution is 8.16. The monoisotopic (exact) mass is 405 g/mol. The number of esters is 1. The Morgan fingerprint density at radius 1 is 1.17 bits per heavy atom. The number of amides is 1. The second-order valence-corrected chi connectivity index (χ2v) is 6.95. The number of amidine groups is 2. The molecule has 0 fully saturated rings. The Bertz CT molecular complexity index is 1120. The van der Waals surface area contributed by atoms with Crippen molar-refractivity contribution in [3.8, 4) is 11.5 Å². The minimum Gasteiger partial charge on any atom is -0.497 e. The van der Waals surface area contributed by atoms with Crippen molar-refractivity contribution in [2.24, 2.45) is 4.99 Å². The summed E-state index contributed by atoms with van der Waals surface area (Å²) in [5.74, 6) is -0.0657. The lowest BCUT2D eigenvalue weighted by Crippen LogP contribution is -2.35. The molecule has 0 saturated heterocycles. The molecule has 1 amide bonds. The summed E-state index contributed by atoms with van der Waals surface area (Å²) >= 11 is 1.29. The zero-order valence-corrected chi connectivity index (χ0v) is 16.1. The van der Waals surface area contributed by atoms with Gasteiger partial charge in [-0.1, -0.05) is 30.0 Å². The quantitative estimate of drug-likeness (QED) is 0.474. The van der Waals surface area contributed by atoms with Gasteiger partial charge in [-0.3, -0.25) is 15.1 Å². The van der Waals surface area contributed by atoms with E-state index in [2.05, 4.69) is 4.99 Å². The summed E-state index contributed by atoms with van der Waals surface area (Å²) in [6, 6.07) is 13.4. The van der Waals surface area contributed by atoms with Crippen LogP contribution in [0.25, 0.3) is 6.08 Å². The van der Waals surface area contributed by atoms with Gasteiger partial charge in [0.1, 0.15) is 17.3 Å². The van der Waals surface area contributed by atoms with Crippen LogP contribution in [0, 0.1) is 5.41 Å². The van der Waals surface area contributed by atoms with Crippen LogP contribution >= 0.6 is 11.8 Å². The minimum atomic E-state index is -0.524. The highest BCUT2D eigenvalue weighted by atomic mass is 32.2. The van der Waals surface area contributed by atoms with Gasteiger partial charge in [0, 0.05) is 6.20 Å². The number of hydrogen-bond acceptors (Lipinski definition) is 6. The van der Waals surface area contributed by atoms with E-state index in [-0.39, 0.29) is 11.4 Å². The molecule has 0 spiro atoms. The van der Waals surface area contributed by atoms with Gasteiger partial charge in [-0.2, -0.15) is 4.99 Å². The second kappa shape index (κ2) is 7.76. The van der Waals surface area contributed by atoms with Crippen LogP contribution in [0.5, 0.6) is 11.5 Å². The summed E-state index contributed by atoms with van der Waals surface area (Å²) in [5.41, 5.74) is 1.14. The van der Waals surface area contributed by atoms with Crippen LogP contribution in [0.3, 0.4) is 0 Å². The zero-order chi connectivity index (χ0) is 20.4. The van der Waals surface area contributed by atoms with Gasteiger partial charge in [-0.05, 0) is 47.4 Å². The molecule has 0 atom stereocenters. The summed E-state index contributed by atoms with van der Waals surface area (Å²) in [4.78, 5) is 30.2. The molecule has 2 aliphatic rings. The molecule has 1 N–H and O–H groups in total. The van der Waals surface area contributed by atoms with Crippen molar-refractivity contribution in [1.29, 1.82) is 5.41 Å². The Kier molecular flexibility index (Phi) is 5.01. The molecule has 144 valence electrons. The number of rotatable bonds is 4. The molecule has 0 unspecified atom stereocenters. The van der Waals surface area contributed by atoms with Crippen molar-refractivity contribution < 1.29 is 19.1 Å². The fraction of sp³-hybridized carbons (Fsp3) is 0.0476. The molecule has 2 aliphatic heterocycles. The van der Waals surface area contributed by atoms with Gasteiger partial charge in [0.25, 0.3) is 5.91 Å². The van der Waals surface area contributed by atoms with Crippen LogP contribution < -0.4 is 9.47 Å². The van der Waals surface area contributed by atoms with Crippen molar-refractivity contribution in [3.05, 3.63) is 76.8 Å². The van der Waals surface area contributed by atoms with E-state index in [9.17, 15) is 9.59 Å². The van der Waals surface area contributed by atoms with Gasteiger partial charge >= 0.3 is 5.97 Å². The molecular weight excluding hydrogens is 390 g/mol. The van der Waals surface area contributed by atoms with Crippen LogP contribution in [0.4, 0.5) is 0 Å². The molecule has 29 heavy (non-hydrogen) atoms. The molecule has 2 aromatic carbocycles. The summed E-state index contributed by atoms with van der Waals surface area (Å²) in [5, 5.41) is 10.5. The Morgan fingerprint density at radius 2 is 1.97 bits per heavy atom. The Morgan fingerprint density at radius 3 is 2.79 bits per heavy atom. The highest BCUT2D eigenvalue weighted by Gasteiger charge is 2.31. The highest BCUT2D eigenvalue weighted by Crippen LogP contribution is 2.28. The predicted molar refractivity (Wildman–Crippen MR) is 111 cm³/mol. The molecule has 8 heteroatoms. The molecule has 0 radical (unpaired) electrons. The number of nitrogens with zero attached hydrogens (tertiary/aromatic N) is 2. The molecule has 0 aliphatic carbocycles. The number of benzene rings is 2. The van der Waals surface area contributed by atoms with Crippen molar-refractivity contribution in [3.63, 3.8) is 0 Å². The fourth-order valence-corrected chi connectivity index (χ4v) is 3.49. The summed E-state index contributed by atoms with van der Waals surface area (Å²) in [7, 11) is 1.52. The zero-order valence-electron chi connectivity index (χ0n) is 15.3. The molecule has 7 nitrogen and oxygen atoms in total. The molecule has 0 aromatic heterocycles. The molecule has 4 rings (SSSR count). The average Bonchev–Trinajstić information content (AvgIpc) is 3.20. The maximum absolute atomic E-state index is 12.4. The van der Waals surface area contributed by atoms with Crippen LogP contribution in [0.1, 0.15) is 15.9 Å². The van der Waals surface area contributed by atoms with Crippen molar-refractivity contribution in [1.82, 2.24) is 4.90 Å². The van der Waals surface area contributed by atoms with E-state index in [1.165, 1.54) is 18.9 Å². The average molecular weight is 405 g/mol. The first-order chi connectivity index (χ1) is 14.0. The third-order valence-corrected chi connectivity index (χ3v) is 4.95. The summed E-state index contributed by atoms with van der Waals surface area (Å²) in [6.45, 7) is 0. The largest absolute Gasteiger partial charge is 0.497 e. The number of aliphatic imine (C=N–C) groups is 1. The van der Waals surface area contributed by atoms with Gasteiger partial charge in [-0.25, -0.2) is 4.79 Å². The Balaban J connectivity index is 1.57. The van der Waals surface area contributed by atoms with Crippen molar-refractivity contribution >= 4 is 40.7 Å². The number of fused-ring (bicyclic) bond motifs is 1. The van der Waals surface area contributed by atoms with E-state index in [0.717, 1.165) is 0 Å². The van der Waals surface area contributed by atoms with E-state index >= 15 is 0 Å². The van der Waals surface area contributed by atoms with Crippen LogP contribution in [-0.2, 0) is 4.79 Å². The number of thioether (sulfide) groups is 1. The van der Waals surface area contributed by atoms with E-state index in [0.29, 0.717) is 27.8 Å². The minimum absolute atomic E-state index is 0.0556. The standard InChI is InChI=1S/C21H15N3O4S/c1-27-15-6-3-5-14(12-15)20(26)28-16-7-2-4-13(10-16)11-17-18(22)24-8-9-29-21(24)23-19(17)25/h2-12,22H,1H3/b17-11-,22-18?. The third-order valence-electron chi connectivity index (χ3n) is 4.20. The van der Waals surface area contributed by atoms with Gasteiger partial charge in [-0.15, -0.1) is 0 Å². The maximum Gasteiger partial charge on any atom is 0.343 e. The first-order valence-corrected chi connectivity index (χ1v) is 9.45. The molecule has 0 saturated carbocycles. The Labute approximate surface area is 170 Å². The number of hydrogen-bond donors (Lipinski definition) is 1. The topological polar surface area (TPSA) is 92.1 Å². The predicted octanol–water partition coefficient (Wildman–Crippen LogP) is 3.69. The number of carbonyl (C=O) groups is 2. The summed E-state index contributed by atoms with van der Waals surface area (Å²) < 4.78 is 10.6. The number of nitrogens with one attached hydrogen (secondary N) is 1.